The van der Waals surface area contributed by atoms with E-state index in [1.54, 1.807) is 0 Å². The highest BCUT2D eigenvalue weighted by Gasteiger charge is 2.10. The highest BCUT2D eigenvalue weighted by molar-refractivity contribution is 5.77. The summed E-state index contributed by atoms with van der Waals surface area (Å²) in [6.45, 7) is 6.12. The minimum absolute atomic E-state index is 0.0361. The van der Waals surface area contributed by atoms with E-state index in [1.807, 2.05) is 11.9 Å². The zero-order valence-corrected chi connectivity index (χ0v) is 8.01. The van der Waals surface area contributed by atoms with Crippen LogP contribution in [-0.4, -0.2) is 50.3 Å². The van der Waals surface area contributed by atoms with Crippen LogP contribution in [0.25, 0.3) is 0 Å². The maximum atomic E-state index is 11.1. The molecular weight excluding hydrogens is 170 g/mol. The first-order valence-corrected chi connectivity index (χ1v) is 4.66. The zero-order chi connectivity index (χ0) is 9.52. The Balaban J connectivity index is 2.06. The molecule has 1 heterocycles. The van der Waals surface area contributed by atoms with E-state index in [1.165, 1.54) is 0 Å². The van der Waals surface area contributed by atoms with Gasteiger partial charge in [-0.2, -0.15) is 0 Å². The number of hydrazine groups is 1. The third-order valence-electron chi connectivity index (χ3n) is 1.85. The maximum absolute atomic E-state index is 11.1. The van der Waals surface area contributed by atoms with Crippen LogP contribution in [0, 0.1) is 0 Å². The number of likely N-dealkylation sites (N-methyl/N-ethyl adjacent to an activating group) is 1. The van der Waals surface area contributed by atoms with Crippen LogP contribution in [-0.2, 0) is 9.53 Å². The van der Waals surface area contributed by atoms with Crippen LogP contribution in [0.2, 0.25) is 0 Å². The molecule has 1 fully saturated rings. The first-order chi connectivity index (χ1) is 6.33. The molecule has 0 atom stereocenters. The lowest BCUT2D eigenvalue weighted by molar-refractivity contribution is -0.121. The monoisotopic (exact) mass is 187 g/mol. The molecule has 5 nitrogen and oxygen atoms in total. The van der Waals surface area contributed by atoms with Gasteiger partial charge in [-0.25, -0.2) is 10.4 Å². The lowest BCUT2D eigenvalue weighted by atomic mass is 10.5. The summed E-state index contributed by atoms with van der Waals surface area (Å²) in [7, 11) is 0. The Morgan fingerprint density at radius 3 is 2.77 bits per heavy atom. The summed E-state index contributed by atoms with van der Waals surface area (Å²) >= 11 is 0. The summed E-state index contributed by atoms with van der Waals surface area (Å²) in [4.78, 5) is 11.1. The Hall–Kier alpha value is -0.650. The summed E-state index contributed by atoms with van der Waals surface area (Å²) in [5.74, 6) is 0.0361. The van der Waals surface area contributed by atoms with Crippen LogP contribution < -0.4 is 10.7 Å². The minimum Gasteiger partial charge on any atom is -0.379 e. The number of nitrogens with zero attached hydrogens (tertiary/aromatic N) is 1. The molecule has 0 bridgehead atoms. The number of carbonyl (C=O) groups excluding carboxylic acids is 1. The second-order valence-electron chi connectivity index (χ2n) is 2.89. The van der Waals surface area contributed by atoms with Crippen LogP contribution in [0.15, 0.2) is 0 Å². The predicted octanol–water partition coefficient (Wildman–Crippen LogP) is -1.04. The Labute approximate surface area is 78.4 Å². The number of ether oxygens (including phenoxy) is 1. The van der Waals surface area contributed by atoms with Gasteiger partial charge in [0.25, 0.3) is 0 Å². The summed E-state index contributed by atoms with van der Waals surface area (Å²) in [5, 5.41) is 4.74. The number of carbonyl (C=O) groups is 1. The smallest absolute Gasteiger partial charge is 0.235 e. The van der Waals surface area contributed by atoms with E-state index in [0.717, 1.165) is 26.3 Å². The van der Waals surface area contributed by atoms with Crippen molar-refractivity contribution >= 4 is 5.91 Å². The maximum Gasteiger partial charge on any atom is 0.235 e. The van der Waals surface area contributed by atoms with Crippen molar-refractivity contribution in [1.82, 2.24) is 15.8 Å². The first-order valence-electron chi connectivity index (χ1n) is 4.66. The van der Waals surface area contributed by atoms with Crippen LogP contribution in [0.5, 0.6) is 0 Å². The van der Waals surface area contributed by atoms with E-state index >= 15 is 0 Å². The molecule has 13 heavy (non-hydrogen) atoms. The average molecular weight is 187 g/mol. The van der Waals surface area contributed by atoms with Crippen molar-refractivity contribution in [2.75, 3.05) is 39.4 Å². The van der Waals surface area contributed by atoms with E-state index < -0.39 is 0 Å². The quantitative estimate of drug-likeness (QED) is 0.590. The van der Waals surface area contributed by atoms with Crippen molar-refractivity contribution in [3.05, 3.63) is 0 Å². The molecule has 2 N–H and O–H groups in total. The van der Waals surface area contributed by atoms with Crippen LogP contribution in [0.4, 0.5) is 0 Å². The standard InChI is InChI=1S/C8H17N3O2/c1-2-9-8(12)7-10-11-3-5-13-6-4-11/h10H,2-7H2,1H3,(H,9,12). The molecule has 5 heteroatoms. The van der Waals surface area contributed by atoms with E-state index in [9.17, 15) is 4.79 Å². The van der Waals surface area contributed by atoms with Gasteiger partial charge in [0.1, 0.15) is 0 Å². The van der Waals surface area contributed by atoms with Gasteiger partial charge in [-0.15, -0.1) is 0 Å². The summed E-state index contributed by atoms with van der Waals surface area (Å²) in [5.41, 5.74) is 3.05. The van der Waals surface area contributed by atoms with Crippen LogP contribution in [0.1, 0.15) is 6.92 Å². The highest BCUT2D eigenvalue weighted by Crippen LogP contribution is 1.91. The number of nitrogens with one attached hydrogen (secondary N) is 2. The van der Waals surface area contributed by atoms with Gasteiger partial charge in [-0.05, 0) is 6.92 Å². The molecule has 0 radical (unpaired) electrons. The topological polar surface area (TPSA) is 53.6 Å². The number of amides is 1. The Kier molecular flexibility index (Phi) is 4.74. The molecular formula is C8H17N3O2. The summed E-state index contributed by atoms with van der Waals surface area (Å²) in [6, 6.07) is 0. The first kappa shape index (κ1) is 10.4. The van der Waals surface area contributed by atoms with Gasteiger partial charge in [-0.3, -0.25) is 4.79 Å². The molecule has 0 aromatic heterocycles. The fourth-order valence-corrected chi connectivity index (χ4v) is 1.16. The Bertz CT molecular complexity index is 157. The lowest BCUT2D eigenvalue weighted by Gasteiger charge is -2.26. The molecule has 1 aliphatic heterocycles. The minimum atomic E-state index is 0.0361. The molecule has 0 aromatic rings. The van der Waals surface area contributed by atoms with E-state index in [-0.39, 0.29) is 5.91 Å². The number of morpholine rings is 1. The van der Waals surface area contributed by atoms with Gasteiger partial charge in [0.15, 0.2) is 0 Å². The van der Waals surface area contributed by atoms with E-state index in [2.05, 4.69) is 10.7 Å². The molecule has 0 saturated carbocycles. The Morgan fingerprint density at radius 1 is 1.46 bits per heavy atom. The largest absolute Gasteiger partial charge is 0.379 e. The normalized spacial score (nSPS) is 18.5. The molecule has 0 unspecified atom stereocenters. The van der Waals surface area contributed by atoms with Gasteiger partial charge in [0, 0.05) is 19.6 Å². The van der Waals surface area contributed by atoms with Crippen LogP contribution in [0.3, 0.4) is 0 Å². The summed E-state index contributed by atoms with van der Waals surface area (Å²) < 4.78 is 5.17. The van der Waals surface area contributed by atoms with Crippen molar-refractivity contribution in [1.29, 1.82) is 0 Å². The van der Waals surface area contributed by atoms with Gasteiger partial charge in [0.05, 0.1) is 19.8 Å². The van der Waals surface area contributed by atoms with Crippen LogP contribution >= 0.6 is 0 Å². The number of hydrogen-bond donors (Lipinski definition) is 2. The summed E-state index contributed by atoms with van der Waals surface area (Å²) in [6.07, 6.45) is 0. The second-order valence-corrected chi connectivity index (χ2v) is 2.89. The second kappa shape index (κ2) is 5.90. The Morgan fingerprint density at radius 2 is 2.15 bits per heavy atom. The fraction of sp³-hybridized carbons (Fsp3) is 0.875. The van der Waals surface area contributed by atoms with Gasteiger partial charge in [0.2, 0.25) is 5.91 Å². The lowest BCUT2D eigenvalue weighted by Crippen LogP contribution is -2.49. The molecule has 0 aromatic carbocycles. The average Bonchev–Trinajstić information content (AvgIpc) is 2.17. The molecule has 1 saturated heterocycles. The van der Waals surface area contributed by atoms with Crippen molar-refractivity contribution < 1.29 is 9.53 Å². The van der Waals surface area contributed by atoms with Crippen molar-refractivity contribution in [3.8, 4) is 0 Å². The third-order valence-corrected chi connectivity index (χ3v) is 1.85. The molecule has 1 amide bonds. The van der Waals surface area contributed by atoms with E-state index in [0.29, 0.717) is 13.1 Å². The molecule has 0 aliphatic carbocycles. The van der Waals surface area contributed by atoms with Gasteiger partial charge < -0.3 is 10.1 Å². The van der Waals surface area contributed by atoms with Crippen molar-refractivity contribution in [2.45, 2.75) is 6.92 Å². The third kappa shape index (κ3) is 4.21. The molecule has 0 spiro atoms. The SMILES string of the molecule is CCNC(=O)CNN1CCOCC1. The number of rotatable bonds is 4. The molecule has 1 rings (SSSR count). The van der Waals surface area contributed by atoms with Gasteiger partial charge >= 0.3 is 0 Å². The van der Waals surface area contributed by atoms with Crippen molar-refractivity contribution in [2.24, 2.45) is 0 Å². The zero-order valence-electron chi connectivity index (χ0n) is 8.01. The van der Waals surface area contributed by atoms with Gasteiger partial charge in [-0.1, -0.05) is 0 Å². The number of hydrogen-bond acceptors (Lipinski definition) is 4. The predicted molar refractivity (Wildman–Crippen MR) is 49.1 cm³/mol. The molecule has 76 valence electrons. The van der Waals surface area contributed by atoms with E-state index in [4.69, 9.17) is 4.74 Å². The fourth-order valence-electron chi connectivity index (χ4n) is 1.16. The molecule has 1 aliphatic rings. The highest BCUT2D eigenvalue weighted by atomic mass is 16.5. The van der Waals surface area contributed by atoms with Crippen molar-refractivity contribution in [3.63, 3.8) is 0 Å².